The van der Waals surface area contributed by atoms with Crippen molar-refractivity contribution in [2.24, 2.45) is 0 Å². The fourth-order valence-electron chi connectivity index (χ4n) is 3.30. The van der Waals surface area contributed by atoms with Crippen LogP contribution in [0.15, 0.2) is 36.4 Å². The highest BCUT2D eigenvalue weighted by molar-refractivity contribution is 7.18. The number of aryl methyl sites for hydroxylation is 2. The van der Waals surface area contributed by atoms with Gasteiger partial charge in [0.1, 0.15) is 5.82 Å². The molecule has 3 aromatic rings. The normalized spacial score (nSPS) is 10.6. The van der Waals surface area contributed by atoms with E-state index in [0.29, 0.717) is 27.9 Å². The van der Waals surface area contributed by atoms with Crippen molar-refractivity contribution < 1.29 is 23.5 Å². The van der Waals surface area contributed by atoms with Crippen LogP contribution in [-0.2, 0) is 6.54 Å². The molecule has 0 saturated heterocycles. The largest absolute Gasteiger partial charge is 0.493 e. The van der Waals surface area contributed by atoms with Crippen LogP contribution in [0.25, 0.3) is 0 Å². The lowest BCUT2D eigenvalue weighted by Gasteiger charge is -2.20. The number of anilines is 1. The molecule has 1 N–H and O–H groups in total. The van der Waals surface area contributed by atoms with Gasteiger partial charge >= 0.3 is 0 Å². The maximum absolute atomic E-state index is 13.3. The van der Waals surface area contributed by atoms with Gasteiger partial charge in [-0.3, -0.25) is 9.59 Å². The number of carbonyl (C=O) groups is 2. The fourth-order valence-corrected chi connectivity index (χ4v) is 4.62. The van der Waals surface area contributed by atoms with Crippen LogP contribution in [-0.4, -0.2) is 38.0 Å². The van der Waals surface area contributed by atoms with Gasteiger partial charge in [0.15, 0.2) is 11.5 Å². The van der Waals surface area contributed by atoms with E-state index in [1.807, 2.05) is 19.1 Å². The zero-order valence-electron chi connectivity index (χ0n) is 18.9. The summed E-state index contributed by atoms with van der Waals surface area (Å²) in [6, 6.07) is 9.02. The number of carbonyl (C=O) groups excluding carboxylic acids is 2. The number of nitrogens with one attached hydrogen (secondary N) is 1. The zero-order valence-corrected chi connectivity index (χ0v) is 20.5. The molecule has 0 atom stereocenters. The fraction of sp³-hybridized carbons (Fsp3) is 0.250. The molecule has 0 radical (unpaired) electrons. The second-order valence-corrected chi connectivity index (χ2v) is 8.96. The van der Waals surface area contributed by atoms with E-state index in [1.54, 1.807) is 39.2 Å². The lowest BCUT2D eigenvalue weighted by Crippen LogP contribution is -2.26. The molecule has 0 unspecified atom stereocenters. The van der Waals surface area contributed by atoms with Crippen molar-refractivity contribution in [2.75, 3.05) is 26.6 Å². The minimum Gasteiger partial charge on any atom is -0.493 e. The molecule has 1 heterocycles. The third-order valence-electron chi connectivity index (χ3n) is 5.12. The summed E-state index contributed by atoms with van der Waals surface area (Å²) in [6.07, 6.45) is 0. The van der Waals surface area contributed by atoms with E-state index in [2.05, 4.69) is 5.32 Å². The van der Waals surface area contributed by atoms with Crippen LogP contribution >= 0.6 is 22.9 Å². The molecule has 9 heteroatoms. The predicted octanol–water partition coefficient (Wildman–Crippen LogP) is 5.70. The Morgan fingerprint density at radius 3 is 2.36 bits per heavy atom. The van der Waals surface area contributed by atoms with Crippen molar-refractivity contribution in [1.29, 1.82) is 0 Å². The number of hydrogen-bond donors (Lipinski definition) is 1. The predicted molar refractivity (Wildman–Crippen MR) is 128 cm³/mol. The molecule has 6 nitrogen and oxygen atoms in total. The summed E-state index contributed by atoms with van der Waals surface area (Å²) in [5, 5.41) is 3.24. The third-order valence-corrected chi connectivity index (χ3v) is 6.57. The Hall–Kier alpha value is -3.10. The molecule has 2 aromatic carbocycles. The highest BCUT2D eigenvalue weighted by Crippen LogP contribution is 2.32. The molecule has 0 saturated carbocycles. The molecule has 0 aliphatic heterocycles. The molecule has 0 spiro atoms. The van der Waals surface area contributed by atoms with E-state index in [-0.39, 0.29) is 16.5 Å². The molecule has 0 aliphatic carbocycles. The van der Waals surface area contributed by atoms with E-state index in [1.165, 1.54) is 23.5 Å². The Morgan fingerprint density at radius 2 is 1.73 bits per heavy atom. The third kappa shape index (κ3) is 5.46. The van der Waals surface area contributed by atoms with Gasteiger partial charge in [-0.25, -0.2) is 4.39 Å². The van der Waals surface area contributed by atoms with Gasteiger partial charge in [-0.15, -0.1) is 11.3 Å². The number of halogens is 2. The van der Waals surface area contributed by atoms with E-state index in [9.17, 15) is 14.0 Å². The molecule has 2 amide bonds. The number of rotatable bonds is 7. The van der Waals surface area contributed by atoms with Crippen molar-refractivity contribution in [3.8, 4) is 11.5 Å². The van der Waals surface area contributed by atoms with Crippen LogP contribution in [0.2, 0.25) is 5.02 Å². The van der Waals surface area contributed by atoms with Gasteiger partial charge in [0, 0.05) is 13.6 Å². The summed E-state index contributed by atoms with van der Waals surface area (Å²) >= 11 is 7.15. The van der Waals surface area contributed by atoms with Gasteiger partial charge in [0.25, 0.3) is 11.8 Å². The molecular weight excluding hydrogens is 467 g/mol. The maximum atomic E-state index is 13.3. The van der Waals surface area contributed by atoms with Crippen molar-refractivity contribution >= 4 is 39.8 Å². The molecule has 33 heavy (non-hydrogen) atoms. The van der Waals surface area contributed by atoms with Crippen molar-refractivity contribution in [1.82, 2.24) is 4.90 Å². The van der Waals surface area contributed by atoms with Gasteiger partial charge in [-0.1, -0.05) is 11.6 Å². The van der Waals surface area contributed by atoms with Crippen molar-refractivity contribution in [3.63, 3.8) is 0 Å². The summed E-state index contributed by atoms with van der Waals surface area (Å²) in [4.78, 5) is 27.8. The molecular formula is C24H24ClFN2O4S. The SMILES string of the molecule is COc1cc(C)c(CN(C)C(=O)c2sc(NC(=O)c3ccc(F)cc3Cl)cc2C)cc1OC. The zero-order chi connectivity index (χ0) is 24.3. The van der Waals surface area contributed by atoms with Crippen LogP contribution in [0.3, 0.4) is 0 Å². The van der Waals surface area contributed by atoms with Gasteiger partial charge in [0.05, 0.1) is 34.7 Å². The maximum Gasteiger partial charge on any atom is 0.264 e. The molecule has 0 bridgehead atoms. The standard InChI is InChI=1S/C24H24ClFN2O4S/c1-13-8-19(31-4)20(32-5)10-15(13)12-28(3)24(30)22-14(2)9-21(33-22)27-23(29)17-7-6-16(26)11-18(17)25/h6-11H,12H2,1-5H3,(H,27,29). The summed E-state index contributed by atoms with van der Waals surface area (Å²) in [7, 11) is 4.86. The number of methoxy groups -OCH3 is 2. The topological polar surface area (TPSA) is 67.9 Å². The number of amides is 2. The number of thiophene rings is 1. The lowest BCUT2D eigenvalue weighted by molar-refractivity contribution is 0.0788. The van der Waals surface area contributed by atoms with Crippen LogP contribution in [0.4, 0.5) is 9.39 Å². The highest BCUT2D eigenvalue weighted by atomic mass is 35.5. The number of hydrogen-bond acceptors (Lipinski definition) is 5. The van der Waals surface area contributed by atoms with Gasteiger partial charge in [-0.2, -0.15) is 0 Å². The van der Waals surface area contributed by atoms with E-state index in [0.717, 1.165) is 22.8 Å². The second kappa shape index (κ2) is 10.2. The number of benzene rings is 2. The van der Waals surface area contributed by atoms with Crippen LogP contribution in [0.5, 0.6) is 11.5 Å². The lowest BCUT2D eigenvalue weighted by atomic mass is 10.1. The van der Waals surface area contributed by atoms with E-state index < -0.39 is 11.7 Å². The summed E-state index contributed by atoms with van der Waals surface area (Å²) in [5.41, 5.74) is 2.79. The van der Waals surface area contributed by atoms with Gasteiger partial charge in [-0.05, 0) is 66.9 Å². The first kappa shape index (κ1) is 24.5. The molecule has 0 fully saturated rings. The Balaban J connectivity index is 1.76. The number of ether oxygens (including phenoxy) is 2. The van der Waals surface area contributed by atoms with Crippen LogP contribution < -0.4 is 14.8 Å². The van der Waals surface area contributed by atoms with Crippen molar-refractivity contribution in [2.45, 2.75) is 20.4 Å². The van der Waals surface area contributed by atoms with Gasteiger partial charge in [0.2, 0.25) is 0 Å². The Labute approximate surface area is 200 Å². The van der Waals surface area contributed by atoms with E-state index >= 15 is 0 Å². The second-order valence-electron chi connectivity index (χ2n) is 7.50. The van der Waals surface area contributed by atoms with Crippen LogP contribution in [0, 0.1) is 19.7 Å². The van der Waals surface area contributed by atoms with Crippen LogP contribution in [0.1, 0.15) is 36.7 Å². The summed E-state index contributed by atoms with van der Waals surface area (Å²) in [5.74, 6) is 0.0462. The average molecular weight is 491 g/mol. The first-order valence-electron chi connectivity index (χ1n) is 9.98. The average Bonchev–Trinajstić information content (AvgIpc) is 3.13. The Bertz CT molecular complexity index is 1210. The van der Waals surface area contributed by atoms with Gasteiger partial charge < -0.3 is 19.7 Å². The minimum absolute atomic E-state index is 0.0158. The first-order chi connectivity index (χ1) is 15.6. The molecule has 1 aromatic heterocycles. The smallest absolute Gasteiger partial charge is 0.264 e. The molecule has 3 rings (SSSR count). The monoisotopic (exact) mass is 490 g/mol. The highest BCUT2D eigenvalue weighted by Gasteiger charge is 2.21. The Morgan fingerprint density at radius 1 is 1.06 bits per heavy atom. The quantitative estimate of drug-likeness (QED) is 0.461. The molecule has 0 aliphatic rings. The van der Waals surface area contributed by atoms with Crippen molar-refractivity contribution in [3.05, 3.63) is 74.4 Å². The summed E-state index contributed by atoms with van der Waals surface area (Å²) in [6.45, 7) is 4.12. The number of nitrogens with zero attached hydrogens (tertiary/aromatic N) is 1. The minimum atomic E-state index is -0.524. The molecule has 174 valence electrons. The summed E-state index contributed by atoms with van der Waals surface area (Å²) < 4.78 is 23.9. The Kier molecular flexibility index (Phi) is 7.61. The first-order valence-corrected chi connectivity index (χ1v) is 11.2. The van der Waals surface area contributed by atoms with E-state index in [4.69, 9.17) is 21.1 Å².